The molecule has 0 aliphatic carbocycles. The number of rotatable bonds is 2. The Morgan fingerprint density at radius 1 is 1.17 bits per heavy atom. The molecule has 1 aliphatic rings. The molecule has 0 saturated carbocycles. The Balaban J connectivity index is 1.55. The minimum absolute atomic E-state index is 0.320. The van der Waals surface area contributed by atoms with E-state index in [-0.39, 0.29) is 5.97 Å². The van der Waals surface area contributed by atoms with Gasteiger partial charge >= 0.3 is 5.97 Å². The first-order valence-corrected chi connectivity index (χ1v) is 8.16. The van der Waals surface area contributed by atoms with E-state index >= 15 is 0 Å². The Morgan fingerprint density at radius 3 is 2.96 bits per heavy atom. The summed E-state index contributed by atoms with van der Waals surface area (Å²) in [7, 11) is 0. The number of fused-ring (bicyclic) bond motifs is 2. The van der Waals surface area contributed by atoms with Crippen LogP contribution in [0.1, 0.15) is 27.0 Å². The number of hydrogen-bond acceptors (Lipinski definition) is 7. The summed E-state index contributed by atoms with van der Waals surface area (Å²) in [6, 6.07) is 11.1. The summed E-state index contributed by atoms with van der Waals surface area (Å²) < 4.78 is 12.5. The number of cyclic esters (lactones) is 1. The van der Waals surface area contributed by atoms with E-state index in [2.05, 4.69) is 15.3 Å². The molecule has 3 aromatic heterocycles. The van der Waals surface area contributed by atoms with Crippen LogP contribution >= 0.6 is 11.3 Å². The maximum absolute atomic E-state index is 12.2. The van der Waals surface area contributed by atoms with Gasteiger partial charge in [0.1, 0.15) is 0 Å². The van der Waals surface area contributed by atoms with Gasteiger partial charge in [-0.05, 0) is 23.8 Å². The molecular weight excluding hydrogens is 328 g/mol. The molecule has 0 saturated heterocycles. The predicted octanol–water partition coefficient (Wildman–Crippen LogP) is 2.90. The van der Waals surface area contributed by atoms with Crippen molar-refractivity contribution in [2.45, 2.75) is 12.5 Å². The Kier molecular flexibility index (Phi) is 2.80. The molecule has 0 bridgehead atoms. The SMILES string of the molecule is O=C1O[C@H](c2nn3c(-c4ccco4)nnc3s2)Cc2ccccc21. The van der Waals surface area contributed by atoms with E-state index in [9.17, 15) is 4.79 Å². The van der Waals surface area contributed by atoms with Crippen LogP contribution in [0.4, 0.5) is 0 Å². The quantitative estimate of drug-likeness (QED) is 0.523. The van der Waals surface area contributed by atoms with Crippen LogP contribution in [0, 0.1) is 0 Å². The highest BCUT2D eigenvalue weighted by molar-refractivity contribution is 7.16. The molecule has 8 heteroatoms. The lowest BCUT2D eigenvalue weighted by Crippen LogP contribution is -2.21. The van der Waals surface area contributed by atoms with Gasteiger partial charge in [-0.3, -0.25) is 0 Å². The van der Waals surface area contributed by atoms with Crippen molar-refractivity contribution in [3.63, 3.8) is 0 Å². The fraction of sp³-hybridized carbons (Fsp3) is 0.125. The van der Waals surface area contributed by atoms with Crippen LogP contribution in [0.15, 0.2) is 47.1 Å². The monoisotopic (exact) mass is 338 g/mol. The molecule has 5 rings (SSSR count). The number of furan rings is 1. The lowest BCUT2D eigenvalue weighted by atomic mass is 9.99. The standard InChI is InChI=1S/C16H10N4O3S/c21-15-10-5-2-1-4-9(10)8-12(23-15)14-19-20-13(11-6-3-7-22-11)17-18-16(20)24-14/h1-7,12H,8H2/t12-/m0/s1. The highest BCUT2D eigenvalue weighted by atomic mass is 32.1. The van der Waals surface area contributed by atoms with Crippen LogP contribution in [-0.2, 0) is 11.2 Å². The zero-order valence-corrected chi connectivity index (χ0v) is 13.1. The predicted molar refractivity (Wildman–Crippen MR) is 84.7 cm³/mol. The van der Waals surface area contributed by atoms with Crippen molar-refractivity contribution in [3.05, 3.63) is 58.8 Å². The van der Waals surface area contributed by atoms with Crippen LogP contribution < -0.4 is 0 Å². The second-order valence-electron chi connectivity index (χ2n) is 5.39. The van der Waals surface area contributed by atoms with Crippen LogP contribution in [-0.4, -0.2) is 25.8 Å². The van der Waals surface area contributed by atoms with Crippen molar-refractivity contribution >= 4 is 22.3 Å². The number of nitrogens with zero attached hydrogens (tertiary/aromatic N) is 4. The van der Waals surface area contributed by atoms with Crippen molar-refractivity contribution in [2.24, 2.45) is 0 Å². The average Bonchev–Trinajstić information content (AvgIpc) is 3.31. The molecule has 0 radical (unpaired) electrons. The fourth-order valence-electron chi connectivity index (χ4n) is 2.79. The van der Waals surface area contributed by atoms with Crippen LogP contribution in [0.3, 0.4) is 0 Å². The molecule has 1 atom stereocenters. The summed E-state index contributed by atoms with van der Waals surface area (Å²) in [5.41, 5.74) is 1.59. The van der Waals surface area contributed by atoms with Crippen molar-refractivity contribution in [3.8, 4) is 11.6 Å². The van der Waals surface area contributed by atoms with E-state index < -0.39 is 6.10 Å². The van der Waals surface area contributed by atoms with Crippen molar-refractivity contribution in [1.82, 2.24) is 19.8 Å². The molecular formula is C16H10N4O3S. The van der Waals surface area contributed by atoms with Gasteiger partial charge in [0.2, 0.25) is 10.8 Å². The number of esters is 1. The molecule has 4 heterocycles. The highest BCUT2D eigenvalue weighted by Crippen LogP contribution is 2.33. The minimum Gasteiger partial charge on any atom is -0.461 e. The van der Waals surface area contributed by atoms with Gasteiger partial charge in [0, 0.05) is 6.42 Å². The Morgan fingerprint density at radius 2 is 2.08 bits per heavy atom. The summed E-state index contributed by atoms with van der Waals surface area (Å²) in [6.07, 6.45) is 1.76. The molecule has 1 aliphatic heterocycles. The van der Waals surface area contributed by atoms with Crippen molar-refractivity contribution < 1.29 is 13.9 Å². The number of aromatic nitrogens is 4. The minimum atomic E-state index is -0.413. The van der Waals surface area contributed by atoms with E-state index in [0.717, 1.165) is 5.56 Å². The summed E-state index contributed by atoms with van der Waals surface area (Å²) in [5, 5.41) is 13.4. The average molecular weight is 338 g/mol. The third-order valence-electron chi connectivity index (χ3n) is 3.92. The number of carbonyl (C=O) groups excluding carboxylic acids is 1. The van der Waals surface area contributed by atoms with Gasteiger partial charge in [0.05, 0.1) is 11.8 Å². The Hall–Kier alpha value is -3.00. The number of benzene rings is 1. The molecule has 4 aromatic rings. The van der Waals surface area contributed by atoms with E-state index in [1.54, 1.807) is 29.0 Å². The first kappa shape index (κ1) is 13.4. The molecule has 24 heavy (non-hydrogen) atoms. The summed E-state index contributed by atoms with van der Waals surface area (Å²) in [6.45, 7) is 0. The van der Waals surface area contributed by atoms with Gasteiger partial charge in [0.15, 0.2) is 16.9 Å². The van der Waals surface area contributed by atoms with E-state index in [4.69, 9.17) is 9.15 Å². The smallest absolute Gasteiger partial charge is 0.339 e. The highest BCUT2D eigenvalue weighted by Gasteiger charge is 2.30. The number of hydrogen-bond donors (Lipinski definition) is 0. The summed E-state index contributed by atoms with van der Waals surface area (Å²) >= 11 is 1.36. The normalized spacial score (nSPS) is 17.0. The topological polar surface area (TPSA) is 82.5 Å². The van der Waals surface area contributed by atoms with Crippen molar-refractivity contribution in [1.29, 1.82) is 0 Å². The van der Waals surface area contributed by atoms with Crippen LogP contribution in [0.25, 0.3) is 16.5 Å². The van der Waals surface area contributed by atoms with E-state index in [1.807, 2.05) is 18.2 Å². The lowest BCUT2D eigenvalue weighted by molar-refractivity contribution is 0.0250. The zero-order valence-electron chi connectivity index (χ0n) is 12.2. The second kappa shape index (κ2) is 5.00. The molecule has 0 amide bonds. The van der Waals surface area contributed by atoms with E-state index in [1.165, 1.54) is 11.3 Å². The zero-order chi connectivity index (χ0) is 16.1. The third-order valence-corrected chi connectivity index (χ3v) is 4.91. The van der Waals surface area contributed by atoms with Gasteiger partial charge in [-0.15, -0.1) is 10.2 Å². The first-order chi connectivity index (χ1) is 11.8. The van der Waals surface area contributed by atoms with Crippen LogP contribution in [0.2, 0.25) is 0 Å². The number of carbonyl (C=O) groups is 1. The molecule has 7 nitrogen and oxygen atoms in total. The fourth-order valence-corrected chi connectivity index (χ4v) is 3.66. The largest absolute Gasteiger partial charge is 0.461 e. The molecule has 0 N–H and O–H groups in total. The molecule has 0 fully saturated rings. The van der Waals surface area contributed by atoms with Gasteiger partial charge in [-0.2, -0.15) is 9.61 Å². The Bertz CT molecular complexity index is 1050. The van der Waals surface area contributed by atoms with Gasteiger partial charge in [-0.25, -0.2) is 4.79 Å². The summed E-state index contributed by atoms with van der Waals surface area (Å²) in [5.74, 6) is 0.796. The summed E-state index contributed by atoms with van der Waals surface area (Å²) in [4.78, 5) is 12.8. The Labute approximate surface area is 139 Å². The number of ether oxygens (including phenoxy) is 1. The first-order valence-electron chi connectivity index (χ1n) is 7.34. The van der Waals surface area contributed by atoms with Gasteiger partial charge in [-0.1, -0.05) is 29.5 Å². The lowest BCUT2D eigenvalue weighted by Gasteiger charge is -2.22. The molecule has 1 aromatic carbocycles. The van der Waals surface area contributed by atoms with Crippen molar-refractivity contribution in [2.75, 3.05) is 0 Å². The van der Waals surface area contributed by atoms with Crippen LogP contribution in [0.5, 0.6) is 0 Å². The maximum atomic E-state index is 12.2. The van der Waals surface area contributed by atoms with Gasteiger partial charge in [0.25, 0.3) is 0 Å². The molecule has 0 spiro atoms. The van der Waals surface area contributed by atoms with E-state index in [0.29, 0.717) is 33.5 Å². The molecule has 0 unspecified atom stereocenters. The van der Waals surface area contributed by atoms with Gasteiger partial charge < -0.3 is 9.15 Å². The third kappa shape index (κ3) is 1.96. The maximum Gasteiger partial charge on any atom is 0.339 e. The molecule has 118 valence electrons. The second-order valence-corrected chi connectivity index (χ2v) is 6.38.